The van der Waals surface area contributed by atoms with E-state index in [9.17, 15) is 4.79 Å². The lowest BCUT2D eigenvalue weighted by molar-refractivity contribution is -0.149. The van der Waals surface area contributed by atoms with E-state index in [4.69, 9.17) is 4.74 Å². The molecule has 19 heavy (non-hydrogen) atoms. The summed E-state index contributed by atoms with van der Waals surface area (Å²) < 4.78 is 5.41. The van der Waals surface area contributed by atoms with Gasteiger partial charge >= 0.3 is 5.97 Å². The monoisotopic (exact) mass is 260 g/mol. The maximum absolute atomic E-state index is 11.5. The lowest BCUT2D eigenvalue weighted by Crippen LogP contribution is -2.19. The van der Waals surface area contributed by atoms with E-state index >= 15 is 0 Å². The number of carbonyl (C=O) groups is 1. The molecule has 0 spiro atoms. The van der Waals surface area contributed by atoms with Gasteiger partial charge in [-0.25, -0.2) is 0 Å². The first-order chi connectivity index (χ1) is 8.94. The SMILES string of the molecule is CC(C)C(=O)OCC1(C)CC1C(C)c1ccccc1. The van der Waals surface area contributed by atoms with Gasteiger partial charge in [-0.2, -0.15) is 0 Å². The Bertz CT molecular complexity index is 438. The maximum Gasteiger partial charge on any atom is 0.308 e. The summed E-state index contributed by atoms with van der Waals surface area (Å²) in [4.78, 5) is 11.5. The Morgan fingerprint density at radius 2 is 1.95 bits per heavy atom. The van der Waals surface area contributed by atoms with Crippen LogP contribution in [0.25, 0.3) is 0 Å². The number of esters is 1. The number of rotatable bonds is 5. The zero-order valence-corrected chi connectivity index (χ0v) is 12.3. The van der Waals surface area contributed by atoms with Crippen molar-refractivity contribution in [2.24, 2.45) is 17.3 Å². The fraction of sp³-hybridized carbons (Fsp3) is 0.588. The van der Waals surface area contributed by atoms with E-state index in [1.807, 2.05) is 19.9 Å². The maximum atomic E-state index is 11.5. The van der Waals surface area contributed by atoms with Crippen LogP contribution in [0.2, 0.25) is 0 Å². The average Bonchev–Trinajstić information content (AvgIpc) is 3.08. The van der Waals surface area contributed by atoms with Gasteiger partial charge in [0.05, 0.1) is 12.5 Å². The topological polar surface area (TPSA) is 26.3 Å². The molecule has 3 unspecified atom stereocenters. The van der Waals surface area contributed by atoms with E-state index in [-0.39, 0.29) is 17.3 Å². The van der Waals surface area contributed by atoms with Crippen molar-refractivity contribution in [2.75, 3.05) is 6.61 Å². The normalized spacial score (nSPS) is 27.1. The number of benzene rings is 1. The second-order valence-corrected chi connectivity index (χ2v) is 6.43. The molecule has 104 valence electrons. The summed E-state index contributed by atoms with van der Waals surface area (Å²) in [5.74, 6) is 1.03. The lowest BCUT2D eigenvalue weighted by atomic mass is 9.91. The highest BCUT2D eigenvalue weighted by Crippen LogP contribution is 2.58. The van der Waals surface area contributed by atoms with Gasteiger partial charge in [0, 0.05) is 5.41 Å². The van der Waals surface area contributed by atoms with Crippen LogP contribution >= 0.6 is 0 Å². The van der Waals surface area contributed by atoms with E-state index in [0.717, 1.165) is 6.42 Å². The van der Waals surface area contributed by atoms with Gasteiger partial charge in [-0.3, -0.25) is 4.79 Å². The summed E-state index contributed by atoms with van der Waals surface area (Å²) in [6.45, 7) is 8.81. The zero-order valence-electron chi connectivity index (χ0n) is 12.3. The Balaban J connectivity index is 1.90. The molecule has 3 atom stereocenters. The van der Waals surface area contributed by atoms with Crippen molar-refractivity contribution in [3.63, 3.8) is 0 Å². The summed E-state index contributed by atoms with van der Waals surface area (Å²) in [7, 11) is 0. The van der Waals surface area contributed by atoms with Crippen LogP contribution in [-0.2, 0) is 9.53 Å². The molecule has 2 nitrogen and oxygen atoms in total. The zero-order chi connectivity index (χ0) is 14.0. The first-order valence-corrected chi connectivity index (χ1v) is 7.15. The Kier molecular flexibility index (Phi) is 3.98. The van der Waals surface area contributed by atoms with Crippen LogP contribution in [-0.4, -0.2) is 12.6 Å². The molecule has 0 aromatic heterocycles. The van der Waals surface area contributed by atoms with E-state index in [1.54, 1.807) is 0 Å². The molecule has 1 aliphatic rings. The van der Waals surface area contributed by atoms with Gasteiger partial charge in [0.1, 0.15) is 0 Å². The van der Waals surface area contributed by atoms with Gasteiger partial charge in [0.15, 0.2) is 0 Å². The Hall–Kier alpha value is -1.31. The molecule has 0 N–H and O–H groups in total. The van der Waals surface area contributed by atoms with Gasteiger partial charge in [-0.05, 0) is 23.8 Å². The predicted molar refractivity (Wildman–Crippen MR) is 76.9 cm³/mol. The van der Waals surface area contributed by atoms with Crippen LogP contribution in [0.1, 0.15) is 45.6 Å². The van der Waals surface area contributed by atoms with Crippen molar-refractivity contribution in [3.8, 4) is 0 Å². The van der Waals surface area contributed by atoms with Crippen molar-refractivity contribution in [1.82, 2.24) is 0 Å². The van der Waals surface area contributed by atoms with Crippen molar-refractivity contribution in [2.45, 2.75) is 40.0 Å². The third-order valence-electron chi connectivity index (χ3n) is 4.37. The fourth-order valence-electron chi connectivity index (χ4n) is 2.78. The Morgan fingerprint density at radius 1 is 1.32 bits per heavy atom. The van der Waals surface area contributed by atoms with Crippen molar-refractivity contribution < 1.29 is 9.53 Å². The molecule has 1 aromatic carbocycles. The van der Waals surface area contributed by atoms with Gasteiger partial charge in [0.2, 0.25) is 0 Å². The predicted octanol–water partition coefficient (Wildman–Crippen LogP) is 4.02. The van der Waals surface area contributed by atoms with Crippen molar-refractivity contribution in [1.29, 1.82) is 0 Å². The molecule has 0 saturated heterocycles. The average molecular weight is 260 g/mol. The molecular weight excluding hydrogens is 236 g/mol. The molecular formula is C17H24O2. The van der Waals surface area contributed by atoms with Crippen LogP contribution in [0.4, 0.5) is 0 Å². The molecule has 2 rings (SSSR count). The summed E-state index contributed by atoms with van der Waals surface area (Å²) >= 11 is 0. The van der Waals surface area contributed by atoms with Crippen LogP contribution < -0.4 is 0 Å². The minimum absolute atomic E-state index is 0.0349. The Labute approximate surface area is 116 Å². The molecule has 0 aliphatic heterocycles. The first-order valence-electron chi connectivity index (χ1n) is 7.15. The van der Waals surface area contributed by atoms with Gasteiger partial charge in [-0.15, -0.1) is 0 Å². The third-order valence-corrected chi connectivity index (χ3v) is 4.37. The van der Waals surface area contributed by atoms with Crippen molar-refractivity contribution >= 4 is 5.97 Å². The Morgan fingerprint density at radius 3 is 2.53 bits per heavy atom. The molecule has 1 aliphatic carbocycles. The van der Waals surface area contributed by atoms with Crippen LogP contribution in [0.15, 0.2) is 30.3 Å². The van der Waals surface area contributed by atoms with E-state index in [0.29, 0.717) is 18.4 Å². The number of ether oxygens (including phenoxy) is 1. The smallest absolute Gasteiger partial charge is 0.308 e. The van der Waals surface area contributed by atoms with Crippen molar-refractivity contribution in [3.05, 3.63) is 35.9 Å². The highest BCUT2D eigenvalue weighted by atomic mass is 16.5. The minimum Gasteiger partial charge on any atom is -0.465 e. The molecule has 1 aromatic rings. The number of hydrogen-bond acceptors (Lipinski definition) is 2. The summed E-state index contributed by atoms with van der Waals surface area (Å²) in [5.41, 5.74) is 1.55. The van der Waals surface area contributed by atoms with E-state index in [2.05, 4.69) is 38.1 Å². The largest absolute Gasteiger partial charge is 0.465 e. The molecule has 0 heterocycles. The fourth-order valence-corrected chi connectivity index (χ4v) is 2.78. The van der Waals surface area contributed by atoms with Gasteiger partial charge in [-0.1, -0.05) is 58.0 Å². The molecule has 0 amide bonds. The second-order valence-electron chi connectivity index (χ2n) is 6.43. The highest BCUT2D eigenvalue weighted by molar-refractivity contribution is 5.71. The molecule has 1 fully saturated rings. The highest BCUT2D eigenvalue weighted by Gasteiger charge is 2.53. The number of hydrogen-bond donors (Lipinski definition) is 0. The molecule has 1 saturated carbocycles. The number of carbonyl (C=O) groups excluding carboxylic acids is 1. The standard InChI is InChI=1S/C17H24O2/c1-12(2)16(18)19-11-17(4)10-15(17)13(3)14-8-6-5-7-9-14/h5-9,12-13,15H,10-11H2,1-4H3. The molecule has 0 bridgehead atoms. The van der Waals surface area contributed by atoms with Gasteiger partial charge < -0.3 is 4.74 Å². The summed E-state index contributed by atoms with van der Waals surface area (Å²) in [5, 5.41) is 0. The van der Waals surface area contributed by atoms with Crippen LogP contribution in [0, 0.1) is 17.3 Å². The summed E-state index contributed by atoms with van der Waals surface area (Å²) in [6, 6.07) is 10.6. The first kappa shape index (κ1) is 14.1. The summed E-state index contributed by atoms with van der Waals surface area (Å²) in [6.07, 6.45) is 1.15. The lowest BCUT2D eigenvalue weighted by Gasteiger charge is -2.17. The van der Waals surface area contributed by atoms with Crippen LogP contribution in [0.3, 0.4) is 0 Å². The third kappa shape index (κ3) is 3.17. The molecule has 0 radical (unpaired) electrons. The van der Waals surface area contributed by atoms with E-state index < -0.39 is 0 Å². The van der Waals surface area contributed by atoms with Crippen LogP contribution in [0.5, 0.6) is 0 Å². The quantitative estimate of drug-likeness (QED) is 0.748. The van der Waals surface area contributed by atoms with E-state index in [1.165, 1.54) is 5.56 Å². The van der Waals surface area contributed by atoms with Gasteiger partial charge in [0.25, 0.3) is 0 Å². The second kappa shape index (κ2) is 5.36. The minimum atomic E-state index is -0.0840. The molecule has 2 heteroatoms.